The second-order valence-electron chi connectivity index (χ2n) is 11.4. The quantitative estimate of drug-likeness (QED) is 0.0331. The highest BCUT2D eigenvalue weighted by atomic mass is 33.1. The molecule has 49 heavy (non-hydrogen) atoms. The lowest BCUT2D eigenvalue weighted by Crippen LogP contribution is -2.34. The van der Waals surface area contributed by atoms with Gasteiger partial charge in [-0.05, 0) is 96.5 Å². The number of nitrogens with one attached hydrogen (secondary N) is 1. The lowest BCUT2D eigenvalue weighted by atomic mass is 10.0. The van der Waals surface area contributed by atoms with Crippen molar-refractivity contribution < 1.29 is 14.8 Å². The van der Waals surface area contributed by atoms with Crippen molar-refractivity contribution in [1.29, 1.82) is 0 Å². The van der Waals surface area contributed by atoms with Gasteiger partial charge in [-0.1, -0.05) is 71.0 Å². The summed E-state index contributed by atoms with van der Waals surface area (Å²) in [6.45, 7) is 11.7. The maximum Gasteiger partial charge on any atom is 0.171 e. The van der Waals surface area contributed by atoms with Crippen LogP contribution < -0.4 is 19.7 Å². The number of hydrogen-bond acceptors (Lipinski definition) is 8. The Morgan fingerprint density at radius 3 is 1.80 bits per heavy atom. The van der Waals surface area contributed by atoms with E-state index in [1.165, 1.54) is 39.2 Å². The van der Waals surface area contributed by atoms with Gasteiger partial charge in [-0.2, -0.15) is 12.6 Å². The lowest BCUT2D eigenvalue weighted by molar-refractivity contribution is -0.698. The van der Waals surface area contributed by atoms with Crippen LogP contribution in [0.5, 0.6) is 0 Å². The molecule has 0 spiro atoms. The molecule has 0 saturated heterocycles. The molecule has 0 aliphatic heterocycles. The molecule has 9 heteroatoms. The summed E-state index contributed by atoms with van der Waals surface area (Å²) in [5, 5.41) is 21.1. The van der Waals surface area contributed by atoms with Crippen molar-refractivity contribution in [3.05, 3.63) is 119 Å². The molecule has 3 N–H and O–H groups in total. The molecule has 3 aromatic rings. The third kappa shape index (κ3) is 16.5. The Labute approximate surface area is 309 Å². The molecule has 0 aliphatic rings. The Morgan fingerprint density at radius 1 is 0.816 bits per heavy atom. The molecule has 6 nitrogen and oxygen atoms in total. The fourth-order valence-corrected chi connectivity index (χ4v) is 6.86. The SMILES string of the molecule is C/C=C(\C=C/NCCO)C(/C)=C/c1ccc(N(C)CCSSCCN(C)c2ccc(/C=C(\C)c3cc[n+](CCO)cc3)cc2)cc1.CCS. The number of thiol groups is 1. The molecule has 1 heterocycles. The normalized spacial score (nSPS) is 12.1. The fourth-order valence-electron chi connectivity index (χ4n) is 4.78. The van der Waals surface area contributed by atoms with Crippen LogP contribution in [0.25, 0.3) is 17.7 Å². The van der Waals surface area contributed by atoms with E-state index < -0.39 is 0 Å². The molecule has 0 atom stereocenters. The minimum absolute atomic E-state index is 0.125. The standard InChI is InChI=1S/C38H51N4O2S2.C2H6S/c1-6-35(15-18-39-19-25-43)31(2)29-33-7-11-37(12-8-33)40(4)23-27-45-46-28-24-41(5)38-13-9-34(10-14-38)30-32(3)36-16-20-42(21-17-36)22-26-44;1-2-3/h6-18,20-21,29-30,39,43-44H,19,22-28H2,1-5H3;3H,2H2,1H3/q+1;/b18-15-,31-29+,35-6+;. The van der Waals surface area contributed by atoms with Crippen LogP contribution in [0, 0.1) is 0 Å². The van der Waals surface area contributed by atoms with E-state index in [0.717, 1.165) is 35.9 Å². The predicted molar refractivity (Wildman–Crippen MR) is 223 cm³/mol. The molecule has 0 radical (unpaired) electrons. The fraction of sp³-hybridized carbons (Fsp3) is 0.375. The number of aliphatic hydroxyl groups is 2. The summed E-state index contributed by atoms with van der Waals surface area (Å²) in [5.41, 5.74) is 9.58. The number of hydrogen-bond donors (Lipinski definition) is 4. The molecule has 266 valence electrons. The Morgan fingerprint density at radius 2 is 1.33 bits per heavy atom. The highest BCUT2D eigenvalue weighted by molar-refractivity contribution is 8.76. The summed E-state index contributed by atoms with van der Waals surface area (Å²) >= 11 is 3.79. The number of rotatable bonds is 19. The van der Waals surface area contributed by atoms with Gasteiger partial charge < -0.3 is 25.3 Å². The first-order chi connectivity index (χ1) is 23.8. The summed E-state index contributed by atoms with van der Waals surface area (Å²) in [4.78, 5) is 4.63. The zero-order valence-corrected chi connectivity index (χ0v) is 32.7. The summed E-state index contributed by atoms with van der Waals surface area (Å²) < 4.78 is 1.99. The van der Waals surface area contributed by atoms with Crippen LogP contribution in [0.4, 0.5) is 11.4 Å². The van der Waals surface area contributed by atoms with E-state index in [1.54, 1.807) is 0 Å². The van der Waals surface area contributed by atoms with Crippen LogP contribution in [0.1, 0.15) is 44.4 Å². The van der Waals surface area contributed by atoms with Crippen LogP contribution in [0.3, 0.4) is 0 Å². The van der Waals surface area contributed by atoms with Gasteiger partial charge in [0.05, 0.1) is 6.61 Å². The van der Waals surface area contributed by atoms with Crippen molar-refractivity contribution in [1.82, 2.24) is 5.32 Å². The van der Waals surface area contributed by atoms with E-state index in [4.69, 9.17) is 10.2 Å². The molecule has 1 aromatic heterocycles. The average Bonchev–Trinajstić information content (AvgIpc) is 3.11. The zero-order valence-electron chi connectivity index (χ0n) is 30.2. The molecule has 2 aromatic carbocycles. The van der Waals surface area contributed by atoms with E-state index in [2.05, 4.69) is 135 Å². The summed E-state index contributed by atoms with van der Waals surface area (Å²) in [5.74, 6) is 3.08. The van der Waals surface area contributed by atoms with Gasteiger partial charge in [-0.25, -0.2) is 4.57 Å². The number of benzene rings is 2. The third-order valence-electron chi connectivity index (χ3n) is 7.65. The van der Waals surface area contributed by atoms with Crippen LogP contribution in [0.15, 0.2) is 103 Å². The van der Waals surface area contributed by atoms with Crippen molar-refractivity contribution in [3.63, 3.8) is 0 Å². The van der Waals surface area contributed by atoms with Gasteiger partial charge >= 0.3 is 0 Å². The van der Waals surface area contributed by atoms with Gasteiger partial charge in [-0.15, -0.1) is 0 Å². The molecule has 3 rings (SSSR count). The van der Waals surface area contributed by atoms with Crippen LogP contribution in [0.2, 0.25) is 0 Å². The van der Waals surface area contributed by atoms with E-state index in [1.807, 2.05) is 64.7 Å². The monoisotopic (exact) mass is 721 g/mol. The number of allylic oxidation sites excluding steroid dienone is 5. The molecular formula is C40H57N4O2S3+. The first-order valence-corrected chi connectivity index (χ1v) is 20.0. The second-order valence-corrected chi connectivity index (χ2v) is 14.8. The second kappa shape index (κ2) is 25.0. The highest BCUT2D eigenvalue weighted by Gasteiger charge is 2.05. The highest BCUT2D eigenvalue weighted by Crippen LogP contribution is 2.25. The van der Waals surface area contributed by atoms with E-state index in [0.29, 0.717) is 13.1 Å². The molecule has 0 amide bonds. The average molecular weight is 722 g/mol. The van der Waals surface area contributed by atoms with Crippen molar-refractivity contribution in [2.75, 3.05) is 74.0 Å². The van der Waals surface area contributed by atoms with Crippen molar-refractivity contribution in [2.24, 2.45) is 0 Å². The van der Waals surface area contributed by atoms with Crippen molar-refractivity contribution in [3.8, 4) is 0 Å². The first kappa shape index (κ1) is 42.1. The Kier molecular flexibility index (Phi) is 21.4. The van der Waals surface area contributed by atoms with E-state index in [9.17, 15) is 0 Å². The summed E-state index contributed by atoms with van der Waals surface area (Å²) in [7, 11) is 8.19. The Hall–Kier alpha value is -3.08. The minimum Gasteiger partial charge on any atom is -0.395 e. The van der Waals surface area contributed by atoms with Crippen LogP contribution >= 0.6 is 34.2 Å². The number of pyridine rings is 1. The molecule has 0 bridgehead atoms. The number of aliphatic hydroxyl groups excluding tert-OH is 2. The van der Waals surface area contributed by atoms with Crippen LogP contribution in [-0.2, 0) is 6.54 Å². The maximum absolute atomic E-state index is 9.10. The van der Waals surface area contributed by atoms with Gasteiger partial charge in [-0.3, -0.25) is 0 Å². The molecular weight excluding hydrogens is 665 g/mol. The van der Waals surface area contributed by atoms with Gasteiger partial charge in [0.25, 0.3) is 0 Å². The number of nitrogens with zero attached hydrogens (tertiary/aromatic N) is 3. The summed E-state index contributed by atoms with van der Waals surface area (Å²) in [6.07, 6.45) is 14.5. The van der Waals surface area contributed by atoms with Crippen molar-refractivity contribution >= 4 is 63.3 Å². The summed E-state index contributed by atoms with van der Waals surface area (Å²) in [6, 6.07) is 21.7. The number of anilines is 2. The van der Waals surface area contributed by atoms with Crippen LogP contribution in [-0.4, -0.2) is 74.4 Å². The Balaban J connectivity index is 0.00000267. The first-order valence-electron chi connectivity index (χ1n) is 16.9. The largest absolute Gasteiger partial charge is 0.395 e. The van der Waals surface area contributed by atoms with Gasteiger partial charge in [0, 0.05) is 68.7 Å². The lowest BCUT2D eigenvalue weighted by Gasteiger charge is -2.20. The maximum atomic E-state index is 9.10. The Bertz CT molecular complexity index is 1450. The number of aromatic nitrogens is 1. The molecule has 0 fully saturated rings. The van der Waals surface area contributed by atoms with E-state index >= 15 is 0 Å². The molecule has 0 aliphatic carbocycles. The van der Waals surface area contributed by atoms with Gasteiger partial charge in [0.2, 0.25) is 0 Å². The predicted octanol–water partition coefficient (Wildman–Crippen LogP) is 7.86. The van der Waals surface area contributed by atoms with E-state index in [-0.39, 0.29) is 13.2 Å². The minimum atomic E-state index is 0.125. The van der Waals surface area contributed by atoms with Gasteiger partial charge in [0.1, 0.15) is 6.61 Å². The third-order valence-corrected chi connectivity index (χ3v) is 10.0. The topological polar surface area (TPSA) is 62.9 Å². The smallest absolute Gasteiger partial charge is 0.171 e. The molecule has 0 saturated carbocycles. The zero-order chi connectivity index (χ0) is 35.9. The van der Waals surface area contributed by atoms with Crippen molar-refractivity contribution in [2.45, 2.75) is 34.2 Å². The molecule has 0 unspecified atom stereocenters. The van der Waals surface area contributed by atoms with Gasteiger partial charge in [0.15, 0.2) is 18.9 Å².